The molecule has 1 saturated heterocycles. The highest BCUT2D eigenvalue weighted by molar-refractivity contribution is 5.93. The molecule has 0 bridgehead atoms. The number of hydrogen-bond acceptors (Lipinski definition) is 6. The Morgan fingerprint density at radius 2 is 1.86 bits per heavy atom. The fraction of sp³-hybridized carbons (Fsp3) is 0.476. The summed E-state index contributed by atoms with van der Waals surface area (Å²) in [4.78, 5) is 27.7. The van der Waals surface area contributed by atoms with Crippen LogP contribution in [0.4, 0.5) is 5.82 Å². The first-order chi connectivity index (χ1) is 13.6. The molecule has 1 amide bonds. The lowest BCUT2D eigenvalue weighted by Crippen LogP contribution is -2.48. The highest BCUT2D eigenvalue weighted by Crippen LogP contribution is 2.12. The van der Waals surface area contributed by atoms with Crippen molar-refractivity contribution >= 4 is 11.7 Å². The monoisotopic (exact) mass is 382 g/mol. The highest BCUT2D eigenvalue weighted by atomic mass is 16.2. The topological polar surface area (TPSA) is 64.6 Å². The van der Waals surface area contributed by atoms with Gasteiger partial charge in [-0.3, -0.25) is 9.69 Å². The van der Waals surface area contributed by atoms with Crippen molar-refractivity contribution in [3.05, 3.63) is 54.0 Å². The van der Waals surface area contributed by atoms with Crippen LogP contribution in [0.2, 0.25) is 0 Å². The molecule has 0 radical (unpaired) electrons. The Morgan fingerprint density at radius 1 is 1.11 bits per heavy atom. The zero-order valence-corrected chi connectivity index (χ0v) is 16.8. The van der Waals surface area contributed by atoms with Crippen LogP contribution in [-0.4, -0.2) is 83.9 Å². The molecule has 28 heavy (non-hydrogen) atoms. The number of anilines is 1. The summed E-state index contributed by atoms with van der Waals surface area (Å²) in [6, 6.07) is 12.2. The molecule has 7 nitrogen and oxygen atoms in total. The number of benzene rings is 1. The second-order valence-electron chi connectivity index (χ2n) is 7.43. The van der Waals surface area contributed by atoms with Crippen LogP contribution in [0.15, 0.2) is 42.7 Å². The lowest BCUT2D eigenvalue weighted by atomic mass is 10.2. The third kappa shape index (κ3) is 6.00. The van der Waals surface area contributed by atoms with Gasteiger partial charge in [0.15, 0.2) is 0 Å². The van der Waals surface area contributed by atoms with Crippen molar-refractivity contribution in [1.82, 2.24) is 24.7 Å². The van der Waals surface area contributed by atoms with Crippen molar-refractivity contribution in [2.75, 3.05) is 58.7 Å². The van der Waals surface area contributed by atoms with Crippen molar-refractivity contribution in [3.63, 3.8) is 0 Å². The van der Waals surface area contributed by atoms with Gasteiger partial charge in [0, 0.05) is 45.3 Å². The number of carbonyl (C=O) groups excluding carboxylic acids is 1. The first-order valence-electron chi connectivity index (χ1n) is 9.88. The van der Waals surface area contributed by atoms with Gasteiger partial charge >= 0.3 is 0 Å². The second kappa shape index (κ2) is 10.1. The molecule has 0 atom stereocenters. The first kappa shape index (κ1) is 20.2. The minimum Gasteiger partial charge on any atom is -0.370 e. The van der Waals surface area contributed by atoms with Gasteiger partial charge in [-0.05, 0) is 32.6 Å². The Labute approximate surface area is 167 Å². The van der Waals surface area contributed by atoms with E-state index in [1.54, 1.807) is 6.07 Å². The third-order valence-electron chi connectivity index (χ3n) is 4.88. The second-order valence-corrected chi connectivity index (χ2v) is 7.43. The minimum absolute atomic E-state index is 0.0156. The lowest BCUT2D eigenvalue weighted by Gasteiger charge is -2.34. The molecule has 3 rings (SSSR count). The van der Waals surface area contributed by atoms with E-state index in [4.69, 9.17) is 0 Å². The van der Waals surface area contributed by atoms with Crippen LogP contribution in [0.25, 0.3) is 0 Å². The van der Waals surface area contributed by atoms with Gasteiger partial charge in [-0.1, -0.05) is 30.3 Å². The Hall–Kier alpha value is -2.51. The Bertz CT molecular complexity index is 744. The number of hydrogen-bond donors (Lipinski definition) is 1. The number of piperazine rings is 1. The van der Waals surface area contributed by atoms with Crippen LogP contribution >= 0.6 is 0 Å². The predicted octanol–water partition coefficient (Wildman–Crippen LogP) is 1.80. The molecule has 7 heteroatoms. The average molecular weight is 383 g/mol. The average Bonchev–Trinajstić information content (AvgIpc) is 2.72. The van der Waals surface area contributed by atoms with E-state index in [0.717, 1.165) is 52.2 Å². The molecular weight excluding hydrogens is 352 g/mol. The molecule has 1 aromatic heterocycles. The van der Waals surface area contributed by atoms with Gasteiger partial charge in [-0.15, -0.1) is 0 Å². The van der Waals surface area contributed by atoms with E-state index >= 15 is 0 Å². The molecule has 1 fully saturated rings. The largest absolute Gasteiger partial charge is 0.370 e. The summed E-state index contributed by atoms with van der Waals surface area (Å²) in [7, 11) is 4.11. The summed E-state index contributed by atoms with van der Waals surface area (Å²) >= 11 is 0. The molecule has 1 aromatic carbocycles. The number of aromatic nitrogens is 2. The predicted molar refractivity (Wildman–Crippen MR) is 111 cm³/mol. The first-order valence-corrected chi connectivity index (χ1v) is 9.88. The molecule has 1 aliphatic rings. The van der Waals surface area contributed by atoms with Crippen LogP contribution in [0.5, 0.6) is 0 Å². The number of nitrogens with one attached hydrogen (secondary N) is 1. The molecule has 2 heterocycles. The van der Waals surface area contributed by atoms with Gasteiger partial charge in [-0.25, -0.2) is 9.97 Å². The third-order valence-corrected chi connectivity index (χ3v) is 4.88. The summed E-state index contributed by atoms with van der Waals surface area (Å²) < 4.78 is 0. The number of nitrogens with zero attached hydrogens (tertiary/aromatic N) is 5. The molecule has 0 unspecified atom stereocenters. The van der Waals surface area contributed by atoms with Gasteiger partial charge in [0.25, 0.3) is 5.91 Å². The van der Waals surface area contributed by atoms with Gasteiger partial charge < -0.3 is 15.1 Å². The maximum Gasteiger partial charge on any atom is 0.272 e. The molecule has 1 aliphatic heterocycles. The lowest BCUT2D eigenvalue weighted by molar-refractivity contribution is 0.0622. The van der Waals surface area contributed by atoms with Gasteiger partial charge in [-0.2, -0.15) is 0 Å². The normalized spacial score (nSPS) is 15.0. The van der Waals surface area contributed by atoms with Gasteiger partial charge in [0.05, 0.1) is 0 Å². The highest BCUT2D eigenvalue weighted by Gasteiger charge is 2.23. The Kier molecular flexibility index (Phi) is 7.33. The van der Waals surface area contributed by atoms with Crippen molar-refractivity contribution in [3.8, 4) is 0 Å². The molecule has 0 spiro atoms. The fourth-order valence-corrected chi connectivity index (χ4v) is 3.30. The van der Waals surface area contributed by atoms with Crippen LogP contribution in [0.3, 0.4) is 0 Å². The van der Waals surface area contributed by atoms with Crippen LogP contribution in [-0.2, 0) is 6.54 Å². The molecule has 0 saturated carbocycles. The molecule has 150 valence electrons. The van der Waals surface area contributed by atoms with E-state index in [2.05, 4.69) is 63.4 Å². The maximum atomic E-state index is 12.8. The van der Waals surface area contributed by atoms with E-state index in [1.165, 1.54) is 11.9 Å². The van der Waals surface area contributed by atoms with E-state index in [1.807, 2.05) is 11.0 Å². The number of rotatable bonds is 8. The van der Waals surface area contributed by atoms with E-state index in [-0.39, 0.29) is 5.91 Å². The summed E-state index contributed by atoms with van der Waals surface area (Å²) in [5.41, 5.74) is 1.77. The summed E-state index contributed by atoms with van der Waals surface area (Å²) in [5, 5.41) is 3.28. The van der Waals surface area contributed by atoms with Gasteiger partial charge in [0.1, 0.15) is 17.8 Å². The fourth-order valence-electron chi connectivity index (χ4n) is 3.30. The zero-order valence-electron chi connectivity index (χ0n) is 16.8. The summed E-state index contributed by atoms with van der Waals surface area (Å²) in [6.07, 6.45) is 2.48. The molecule has 0 aliphatic carbocycles. The maximum absolute atomic E-state index is 12.8. The minimum atomic E-state index is -0.0156. The number of carbonyl (C=O) groups is 1. The van der Waals surface area contributed by atoms with Crippen molar-refractivity contribution in [1.29, 1.82) is 0 Å². The van der Waals surface area contributed by atoms with Crippen LogP contribution < -0.4 is 5.32 Å². The molecule has 2 aromatic rings. The van der Waals surface area contributed by atoms with E-state index in [9.17, 15) is 4.79 Å². The van der Waals surface area contributed by atoms with Gasteiger partial charge in [0.2, 0.25) is 0 Å². The SMILES string of the molecule is CN(C)CCCNc1cc(C(=O)N2CCN(Cc3ccccc3)CC2)ncn1. The molecular formula is C21H30N6O. The summed E-state index contributed by atoms with van der Waals surface area (Å²) in [6.45, 7) is 5.96. The smallest absolute Gasteiger partial charge is 0.272 e. The van der Waals surface area contributed by atoms with Crippen molar-refractivity contribution in [2.45, 2.75) is 13.0 Å². The van der Waals surface area contributed by atoms with Crippen molar-refractivity contribution in [2.24, 2.45) is 0 Å². The zero-order chi connectivity index (χ0) is 19.8. The quantitative estimate of drug-likeness (QED) is 0.703. The summed E-state index contributed by atoms with van der Waals surface area (Å²) in [5.74, 6) is 0.693. The van der Waals surface area contributed by atoms with Crippen LogP contribution in [0, 0.1) is 0 Å². The van der Waals surface area contributed by atoms with E-state index in [0.29, 0.717) is 11.5 Å². The van der Waals surface area contributed by atoms with E-state index < -0.39 is 0 Å². The molecule has 1 N–H and O–H groups in total. The van der Waals surface area contributed by atoms with Crippen molar-refractivity contribution < 1.29 is 4.79 Å². The number of amides is 1. The van der Waals surface area contributed by atoms with Crippen LogP contribution in [0.1, 0.15) is 22.5 Å². The Morgan fingerprint density at radius 3 is 2.57 bits per heavy atom. The Balaban J connectivity index is 1.48. The standard InChI is InChI=1S/C21H30N6O/c1-25(2)10-6-9-22-20-15-19(23-17-24-20)21(28)27-13-11-26(12-14-27)16-18-7-4-3-5-8-18/h3-5,7-8,15,17H,6,9-14,16H2,1-2H3,(H,22,23,24).